The van der Waals surface area contributed by atoms with Gasteiger partial charge in [0.05, 0.1) is 10.5 Å². The zero-order chi connectivity index (χ0) is 22.1. The standard InChI is InChI=1S/C20H22N4O6/c1-3-23(4-2)16-9-5-14(6-10-16)19(26)22-21-18(25)13-30-20(27)15-7-11-17(12-8-15)24(28)29/h5-12H,3-4,13H2,1-2H3,(H,21,25)(H,22,26). The molecule has 0 fully saturated rings. The van der Waals surface area contributed by atoms with Crippen LogP contribution in [0.3, 0.4) is 0 Å². The molecule has 0 radical (unpaired) electrons. The van der Waals surface area contributed by atoms with Gasteiger partial charge < -0.3 is 9.64 Å². The van der Waals surface area contributed by atoms with Crippen molar-refractivity contribution < 1.29 is 24.0 Å². The first-order chi connectivity index (χ1) is 14.3. The van der Waals surface area contributed by atoms with E-state index in [1.807, 2.05) is 26.0 Å². The Kier molecular flexibility index (Phi) is 7.86. The van der Waals surface area contributed by atoms with Gasteiger partial charge in [0.2, 0.25) is 0 Å². The van der Waals surface area contributed by atoms with E-state index in [1.54, 1.807) is 12.1 Å². The van der Waals surface area contributed by atoms with Crippen LogP contribution in [-0.2, 0) is 9.53 Å². The lowest BCUT2D eigenvalue weighted by Gasteiger charge is -2.21. The van der Waals surface area contributed by atoms with E-state index in [0.29, 0.717) is 5.56 Å². The van der Waals surface area contributed by atoms with Crippen molar-refractivity contribution in [2.45, 2.75) is 13.8 Å². The van der Waals surface area contributed by atoms with Crippen LogP contribution in [0.5, 0.6) is 0 Å². The summed E-state index contributed by atoms with van der Waals surface area (Å²) < 4.78 is 4.82. The molecule has 0 aliphatic rings. The molecule has 30 heavy (non-hydrogen) atoms. The van der Waals surface area contributed by atoms with E-state index in [-0.39, 0.29) is 11.3 Å². The number of anilines is 1. The molecule has 0 bridgehead atoms. The van der Waals surface area contributed by atoms with Gasteiger partial charge >= 0.3 is 5.97 Å². The summed E-state index contributed by atoms with van der Waals surface area (Å²) in [6.07, 6.45) is 0. The summed E-state index contributed by atoms with van der Waals surface area (Å²) in [6, 6.07) is 11.7. The van der Waals surface area contributed by atoms with E-state index in [0.717, 1.165) is 30.9 Å². The van der Waals surface area contributed by atoms with Crippen molar-refractivity contribution in [3.05, 3.63) is 69.8 Å². The number of nitro groups is 1. The summed E-state index contributed by atoms with van der Waals surface area (Å²) in [4.78, 5) is 47.9. The molecule has 0 heterocycles. The van der Waals surface area contributed by atoms with Gasteiger partial charge in [0.25, 0.3) is 17.5 Å². The molecular formula is C20H22N4O6. The lowest BCUT2D eigenvalue weighted by atomic mass is 10.2. The number of benzene rings is 2. The normalized spacial score (nSPS) is 10.1. The Morgan fingerprint density at radius 2 is 1.50 bits per heavy atom. The van der Waals surface area contributed by atoms with Gasteiger partial charge in [-0.15, -0.1) is 0 Å². The first kappa shape index (κ1) is 22.3. The summed E-state index contributed by atoms with van der Waals surface area (Å²) in [5.41, 5.74) is 5.63. The molecule has 2 N–H and O–H groups in total. The van der Waals surface area contributed by atoms with Crippen LogP contribution in [0.4, 0.5) is 11.4 Å². The molecule has 0 aliphatic carbocycles. The monoisotopic (exact) mass is 414 g/mol. The highest BCUT2D eigenvalue weighted by molar-refractivity contribution is 5.96. The van der Waals surface area contributed by atoms with Gasteiger partial charge in [0, 0.05) is 36.5 Å². The van der Waals surface area contributed by atoms with E-state index in [2.05, 4.69) is 15.8 Å². The fraction of sp³-hybridized carbons (Fsp3) is 0.250. The number of esters is 1. The number of nitrogens with one attached hydrogen (secondary N) is 2. The zero-order valence-electron chi connectivity index (χ0n) is 16.6. The van der Waals surface area contributed by atoms with Crippen molar-refractivity contribution in [2.75, 3.05) is 24.6 Å². The number of ether oxygens (including phenoxy) is 1. The minimum absolute atomic E-state index is 0.0609. The van der Waals surface area contributed by atoms with Crippen LogP contribution >= 0.6 is 0 Å². The van der Waals surface area contributed by atoms with E-state index < -0.39 is 29.3 Å². The maximum Gasteiger partial charge on any atom is 0.338 e. The summed E-state index contributed by atoms with van der Waals surface area (Å²) in [6.45, 7) is 5.13. The number of amides is 2. The topological polar surface area (TPSA) is 131 Å². The molecule has 2 rings (SSSR count). The molecule has 0 aliphatic heterocycles. The Bertz CT molecular complexity index is 908. The first-order valence-electron chi connectivity index (χ1n) is 9.21. The van der Waals surface area contributed by atoms with E-state index in [4.69, 9.17) is 4.74 Å². The van der Waals surface area contributed by atoms with Crippen LogP contribution in [-0.4, -0.2) is 42.4 Å². The Morgan fingerprint density at radius 3 is 2.03 bits per heavy atom. The second-order valence-corrected chi connectivity index (χ2v) is 6.10. The predicted octanol–water partition coefficient (Wildman–Crippen LogP) is 2.06. The lowest BCUT2D eigenvalue weighted by Crippen LogP contribution is -2.43. The Balaban J connectivity index is 1.80. The molecule has 0 spiro atoms. The maximum atomic E-state index is 12.1. The quantitative estimate of drug-likeness (QED) is 0.384. The molecule has 2 amide bonds. The molecule has 0 saturated heterocycles. The molecule has 158 valence electrons. The SMILES string of the molecule is CCN(CC)c1ccc(C(=O)NNC(=O)COC(=O)c2ccc([N+](=O)[O-])cc2)cc1. The molecule has 0 unspecified atom stereocenters. The summed E-state index contributed by atoms with van der Waals surface area (Å²) in [5, 5.41) is 10.6. The third-order valence-electron chi connectivity index (χ3n) is 4.22. The second-order valence-electron chi connectivity index (χ2n) is 6.10. The first-order valence-corrected chi connectivity index (χ1v) is 9.21. The van der Waals surface area contributed by atoms with E-state index >= 15 is 0 Å². The molecule has 2 aromatic rings. The third-order valence-corrected chi connectivity index (χ3v) is 4.22. The van der Waals surface area contributed by atoms with Crippen molar-refractivity contribution >= 4 is 29.2 Å². The molecular weight excluding hydrogens is 392 g/mol. The summed E-state index contributed by atoms with van der Waals surface area (Å²) in [7, 11) is 0. The Morgan fingerprint density at radius 1 is 0.933 bits per heavy atom. The van der Waals surface area contributed by atoms with Gasteiger partial charge in [-0.1, -0.05) is 0 Å². The Hall–Kier alpha value is -3.95. The molecule has 0 aromatic heterocycles. The van der Waals surface area contributed by atoms with Crippen LogP contribution in [0.15, 0.2) is 48.5 Å². The minimum atomic E-state index is -0.821. The van der Waals surface area contributed by atoms with E-state index in [1.165, 1.54) is 12.1 Å². The van der Waals surface area contributed by atoms with Gasteiger partial charge in [-0.05, 0) is 50.2 Å². The second kappa shape index (κ2) is 10.6. The molecule has 2 aromatic carbocycles. The van der Waals surface area contributed by atoms with Gasteiger partial charge in [0.1, 0.15) is 0 Å². The number of carbonyl (C=O) groups excluding carboxylic acids is 3. The van der Waals surface area contributed by atoms with Gasteiger partial charge in [0.15, 0.2) is 6.61 Å². The molecule has 10 nitrogen and oxygen atoms in total. The zero-order valence-corrected chi connectivity index (χ0v) is 16.6. The average molecular weight is 414 g/mol. The highest BCUT2D eigenvalue weighted by Gasteiger charge is 2.13. The number of hydrogen-bond acceptors (Lipinski definition) is 7. The largest absolute Gasteiger partial charge is 0.452 e. The Labute approximate surface area is 172 Å². The predicted molar refractivity (Wildman–Crippen MR) is 109 cm³/mol. The van der Waals surface area contributed by atoms with Crippen molar-refractivity contribution in [2.24, 2.45) is 0 Å². The van der Waals surface area contributed by atoms with Crippen LogP contribution in [0.2, 0.25) is 0 Å². The lowest BCUT2D eigenvalue weighted by molar-refractivity contribution is -0.384. The number of rotatable bonds is 8. The van der Waals surface area contributed by atoms with Gasteiger partial charge in [-0.3, -0.25) is 30.6 Å². The molecule has 0 atom stereocenters. The van der Waals surface area contributed by atoms with Crippen LogP contribution in [0.25, 0.3) is 0 Å². The number of carbonyl (C=O) groups is 3. The number of non-ortho nitro benzene ring substituents is 1. The van der Waals surface area contributed by atoms with Crippen molar-refractivity contribution in [1.82, 2.24) is 10.9 Å². The number of hydrazine groups is 1. The van der Waals surface area contributed by atoms with Gasteiger partial charge in [-0.2, -0.15) is 0 Å². The third kappa shape index (κ3) is 6.03. The minimum Gasteiger partial charge on any atom is -0.452 e. The smallest absolute Gasteiger partial charge is 0.338 e. The molecule has 10 heteroatoms. The number of hydrogen-bond donors (Lipinski definition) is 2. The molecule has 0 saturated carbocycles. The highest BCUT2D eigenvalue weighted by Crippen LogP contribution is 2.15. The highest BCUT2D eigenvalue weighted by atomic mass is 16.6. The van der Waals surface area contributed by atoms with Crippen LogP contribution in [0, 0.1) is 10.1 Å². The average Bonchev–Trinajstić information content (AvgIpc) is 2.77. The summed E-state index contributed by atoms with van der Waals surface area (Å²) in [5.74, 6) is -2.08. The van der Waals surface area contributed by atoms with Crippen molar-refractivity contribution in [3.63, 3.8) is 0 Å². The van der Waals surface area contributed by atoms with E-state index in [9.17, 15) is 24.5 Å². The number of nitro benzene ring substituents is 1. The van der Waals surface area contributed by atoms with Crippen LogP contribution in [0.1, 0.15) is 34.6 Å². The van der Waals surface area contributed by atoms with Gasteiger partial charge in [-0.25, -0.2) is 4.79 Å². The summed E-state index contributed by atoms with van der Waals surface area (Å²) >= 11 is 0. The van der Waals surface area contributed by atoms with Crippen molar-refractivity contribution in [1.29, 1.82) is 0 Å². The van der Waals surface area contributed by atoms with Crippen LogP contribution < -0.4 is 15.8 Å². The fourth-order valence-electron chi connectivity index (χ4n) is 2.58. The van der Waals surface area contributed by atoms with Crippen molar-refractivity contribution in [3.8, 4) is 0 Å². The fourth-order valence-corrected chi connectivity index (χ4v) is 2.58. The maximum absolute atomic E-state index is 12.1. The number of nitrogens with zero attached hydrogens (tertiary/aromatic N) is 2.